The monoisotopic (exact) mass is 381 g/mol. The molecule has 0 unspecified atom stereocenters. The topological polar surface area (TPSA) is 53.7 Å². The van der Waals surface area contributed by atoms with E-state index >= 15 is 0 Å². The molecule has 1 aliphatic heterocycles. The molecule has 0 N–H and O–H groups in total. The van der Waals surface area contributed by atoms with E-state index in [1.807, 2.05) is 39.3 Å². The van der Waals surface area contributed by atoms with Crippen LogP contribution < -0.4 is 4.90 Å². The number of aryl methyl sites for hydroxylation is 2. The minimum Gasteiger partial charge on any atom is -0.351 e. The fourth-order valence-corrected chi connectivity index (χ4v) is 4.92. The maximum atomic E-state index is 12.6. The summed E-state index contributed by atoms with van der Waals surface area (Å²) < 4.78 is 2.01. The number of anilines is 1. The predicted molar refractivity (Wildman–Crippen MR) is 106 cm³/mol. The summed E-state index contributed by atoms with van der Waals surface area (Å²) >= 11 is 1.65. The standard InChI is InChI=1S/C20H23N5OS/c26-18(14-15-4-3-13-27-15)23-9-11-24(12-10-23)20-19-16-5-1-2-6-17(16)22-25(19)8-7-21-20/h3-4,7-8,13H,1-2,5-6,9-12,14H2. The summed E-state index contributed by atoms with van der Waals surface area (Å²) in [6.45, 7) is 3.15. The van der Waals surface area contributed by atoms with Gasteiger partial charge in [0.25, 0.3) is 0 Å². The van der Waals surface area contributed by atoms with Crippen LogP contribution in [0.4, 0.5) is 5.82 Å². The Labute approximate surface area is 162 Å². The SMILES string of the molecule is O=C(Cc1cccs1)N1CCN(c2nccn3nc4c(c23)CCCC4)CC1. The number of carbonyl (C=O) groups excluding carboxylic acids is 1. The van der Waals surface area contributed by atoms with Crippen molar-refractivity contribution in [3.05, 3.63) is 46.0 Å². The van der Waals surface area contributed by atoms with Gasteiger partial charge in [0, 0.05) is 49.0 Å². The molecule has 1 fully saturated rings. The van der Waals surface area contributed by atoms with Crippen molar-refractivity contribution in [1.29, 1.82) is 0 Å². The van der Waals surface area contributed by atoms with Crippen LogP contribution in [0.25, 0.3) is 5.52 Å². The molecule has 0 spiro atoms. The van der Waals surface area contributed by atoms with Crippen molar-refractivity contribution in [3.8, 4) is 0 Å². The molecule has 0 radical (unpaired) electrons. The highest BCUT2D eigenvalue weighted by Gasteiger charge is 2.26. The number of carbonyl (C=O) groups is 1. The number of piperazine rings is 1. The van der Waals surface area contributed by atoms with E-state index in [-0.39, 0.29) is 5.91 Å². The van der Waals surface area contributed by atoms with Gasteiger partial charge < -0.3 is 9.80 Å². The largest absolute Gasteiger partial charge is 0.351 e. The van der Waals surface area contributed by atoms with Crippen molar-refractivity contribution in [2.24, 2.45) is 0 Å². The molecule has 0 bridgehead atoms. The van der Waals surface area contributed by atoms with Crippen LogP contribution in [0.1, 0.15) is 29.0 Å². The number of hydrogen-bond donors (Lipinski definition) is 0. The van der Waals surface area contributed by atoms with E-state index in [1.54, 1.807) is 11.3 Å². The summed E-state index contributed by atoms with van der Waals surface area (Å²) in [6.07, 6.45) is 8.94. The van der Waals surface area contributed by atoms with E-state index in [2.05, 4.69) is 4.90 Å². The minimum absolute atomic E-state index is 0.227. The second-order valence-corrected chi connectivity index (χ2v) is 8.33. The van der Waals surface area contributed by atoms with Gasteiger partial charge in [-0.2, -0.15) is 5.10 Å². The van der Waals surface area contributed by atoms with Gasteiger partial charge in [-0.05, 0) is 37.1 Å². The van der Waals surface area contributed by atoms with Crippen LogP contribution in [0.3, 0.4) is 0 Å². The maximum Gasteiger partial charge on any atom is 0.227 e. The van der Waals surface area contributed by atoms with Crippen molar-refractivity contribution in [2.45, 2.75) is 32.1 Å². The van der Waals surface area contributed by atoms with Crippen LogP contribution >= 0.6 is 11.3 Å². The van der Waals surface area contributed by atoms with Crippen LogP contribution in [0, 0.1) is 0 Å². The van der Waals surface area contributed by atoms with Crippen LogP contribution in [-0.4, -0.2) is 51.6 Å². The number of nitrogens with zero attached hydrogens (tertiary/aromatic N) is 5. The summed E-state index contributed by atoms with van der Waals surface area (Å²) in [5.74, 6) is 1.25. The van der Waals surface area contributed by atoms with Crippen LogP contribution in [0.2, 0.25) is 0 Å². The van der Waals surface area contributed by atoms with E-state index in [0.717, 1.165) is 49.7 Å². The van der Waals surface area contributed by atoms with Gasteiger partial charge in [-0.15, -0.1) is 11.3 Å². The van der Waals surface area contributed by atoms with Gasteiger partial charge in [0.15, 0.2) is 5.82 Å². The number of amides is 1. The summed E-state index contributed by atoms with van der Waals surface area (Å²) in [5.41, 5.74) is 3.78. The second-order valence-electron chi connectivity index (χ2n) is 7.30. The van der Waals surface area contributed by atoms with Gasteiger partial charge in [-0.1, -0.05) is 6.07 Å². The van der Waals surface area contributed by atoms with Gasteiger partial charge in [0.2, 0.25) is 5.91 Å². The molecular weight excluding hydrogens is 358 g/mol. The Morgan fingerprint density at radius 2 is 2.00 bits per heavy atom. The fourth-order valence-electron chi connectivity index (χ4n) is 4.22. The van der Waals surface area contributed by atoms with E-state index < -0.39 is 0 Å². The fraction of sp³-hybridized carbons (Fsp3) is 0.450. The average Bonchev–Trinajstić information content (AvgIpc) is 3.35. The van der Waals surface area contributed by atoms with Gasteiger partial charge >= 0.3 is 0 Å². The molecule has 27 heavy (non-hydrogen) atoms. The summed E-state index contributed by atoms with van der Waals surface area (Å²) in [5, 5.41) is 6.81. The highest BCUT2D eigenvalue weighted by molar-refractivity contribution is 7.10. The Kier molecular flexibility index (Phi) is 4.32. The number of rotatable bonds is 3. The lowest BCUT2D eigenvalue weighted by Gasteiger charge is -2.35. The van der Waals surface area contributed by atoms with Gasteiger partial charge in [0.1, 0.15) is 5.52 Å². The number of hydrogen-bond acceptors (Lipinski definition) is 5. The predicted octanol–water partition coefficient (Wildman–Crippen LogP) is 2.56. The maximum absolute atomic E-state index is 12.6. The summed E-state index contributed by atoms with van der Waals surface area (Å²) in [7, 11) is 0. The number of aromatic nitrogens is 3. The molecule has 140 valence electrons. The lowest BCUT2D eigenvalue weighted by atomic mass is 9.97. The molecule has 4 heterocycles. The molecule has 0 saturated carbocycles. The zero-order chi connectivity index (χ0) is 18.2. The Bertz CT molecular complexity index is 956. The minimum atomic E-state index is 0.227. The Balaban J connectivity index is 1.34. The van der Waals surface area contributed by atoms with Crippen molar-refractivity contribution >= 4 is 28.6 Å². The lowest BCUT2D eigenvalue weighted by Crippen LogP contribution is -2.49. The normalized spacial score (nSPS) is 17.3. The van der Waals surface area contributed by atoms with Crippen molar-refractivity contribution < 1.29 is 4.79 Å². The molecule has 1 amide bonds. The third-order valence-electron chi connectivity index (χ3n) is 5.64. The lowest BCUT2D eigenvalue weighted by molar-refractivity contribution is -0.130. The molecule has 0 atom stereocenters. The van der Waals surface area contributed by atoms with Gasteiger partial charge in [-0.3, -0.25) is 4.79 Å². The van der Waals surface area contributed by atoms with Crippen molar-refractivity contribution in [2.75, 3.05) is 31.1 Å². The quantitative estimate of drug-likeness (QED) is 0.700. The van der Waals surface area contributed by atoms with E-state index in [4.69, 9.17) is 10.1 Å². The third kappa shape index (κ3) is 3.10. The van der Waals surface area contributed by atoms with Crippen LogP contribution in [0.15, 0.2) is 29.9 Å². The second kappa shape index (κ2) is 6.96. The molecule has 2 aliphatic rings. The summed E-state index contributed by atoms with van der Waals surface area (Å²) in [4.78, 5) is 22.7. The molecule has 1 saturated heterocycles. The van der Waals surface area contributed by atoms with E-state index in [1.165, 1.54) is 29.6 Å². The first-order valence-corrected chi connectivity index (χ1v) is 10.6. The molecule has 0 aromatic carbocycles. The molecular formula is C20H23N5OS. The third-order valence-corrected chi connectivity index (χ3v) is 6.51. The Morgan fingerprint density at radius 1 is 1.15 bits per heavy atom. The van der Waals surface area contributed by atoms with Gasteiger partial charge in [-0.25, -0.2) is 9.50 Å². The van der Waals surface area contributed by atoms with Crippen LogP contribution in [0.5, 0.6) is 0 Å². The number of thiophene rings is 1. The molecule has 3 aromatic heterocycles. The highest BCUT2D eigenvalue weighted by atomic mass is 32.1. The first-order chi connectivity index (χ1) is 13.3. The zero-order valence-electron chi connectivity index (χ0n) is 15.3. The Morgan fingerprint density at radius 3 is 2.81 bits per heavy atom. The molecule has 1 aliphatic carbocycles. The summed E-state index contributed by atoms with van der Waals surface area (Å²) in [6, 6.07) is 4.04. The first-order valence-electron chi connectivity index (χ1n) is 9.70. The smallest absolute Gasteiger partial charge is 0.227 e. The van der Waals surface area contributed by atoms with Crippen LogP contribution in [-0.2, 0) is 24.1 Å². The molecule has 5 rings (SSSR count). The van der Waals surface area contributed by atoms with Gasteiger partial charge in [0.05, 0.1) is 12.1 Å². The van der Waals surface area contributed by atoms with Crippen molar-refractivity contribution in [1.82, 2.24) is 19.5 Å². The molecule has 6 nitrogen and oxygen atoms in total. The molecule has 7 heteroatoms. The highest BCUT2D eigenvalue weighted by Crippen LogP contribution is 2.30. The first kappa shape index (κ1) is 16.7. The van der Waals surface area contributed by atoms with E-state index in [9.17, 15) is 4.79 Å². The average molecular weight is 382 g/mol. The molecule has 3 aromatic rings. The van der Waals surface area contributed by atoms with E-state index in [0.29, 0.717) is 6.42 Å². The Hall–Kier alpha value is -2.41. The number of fused-ring (bicyclic) bond motifs is 3. The zero-order valence-corrected chi connectivity index (χ0v) is 16.1. The van der Waals surface area contributed by atoms with Crippen molar-refractivity contribution in [3.63, 3.8) is 0 Å².